The molecule has 0 fully saturated rings. The fourth-order valence-corrected chi connectivity index (χ4v) is 9.31. The number of benzene rings is 7. The predicted molar refractivity (Wildman–Crippen MR) is 218 cm³/mol. The summed E-state index contributed by atoms with van der Waals surface area (Å²) >= 11 is 0. The summed E-state index contributed by atoms with van der Waals surface area (Å²) in [5, 5.41) is 2.74. The molecule has 248 valence electrons. The van der Waals surface area contributed by atoms with Crippen LogP contribution in [0.3, 0.4) is 0 Å². The first-order chi connectivity index (χ1) is 26.3. The molecule has 53 heavy (non-hydrogen) atoms. The second-order valence-electron chi connectivity index (χ2n) is 14.4. The molecule has 1 unspecified atom stereocenters. The van der Waals surface area contributed by atoms with E-state index in [0.717, 1.165) is 46.7 Å². The molecule has 1 heterocycles. The van der Waals surface area contributed by atoms with Gasteiger partial charge in [0.2, 0.25) is 0 Å². The summed E-state index contributed by atoms with van der Waals surface area (Å²) in [6.45, 7) is 0. The summed E-state index contributed by atoms with van der Waals surface area (Å²) in [6.07, 6.45) is 9.09. The van der Waals surface area contributed by atoms with Crippen LogP contribution in [0.15, 0.2) is 176 Å². The maximum atomic E-state index is 5.28. The molecule has 0 amide bonds. The maximum absolute atomic E-state index is 5.28. The molecular formula is C51H34N2. The minimum atomic E-state index is -0.568. The van der Waals surface area contributed by atoms with Crippen LogP contribution in [-0.2, 0) is 11.8 Å². The van der Waals surface area contributed by atoms with E-state index >= 15 is 0 Å². The minimum Gasteiger partial charge on any atom is -0.228 e. The normalized spacial score (nSPS) is 16.3. The lowest BCUT2D eigenvalue weighted by Gasteiger charge is -2.37. The van der Waals surface area contributed by atoms with Gasteiger partial charge >= 0.3 is 0 Å². The number of fused-ring (bicyclic) bond motifs is 3. The van der Waals surface area contributed by atoms with E-state index in [1.54, 1.807) is 0 Å². The summed E-state index contributed by atoms with van der Waals surface area (Å²) in [7, 11) is 0. The molecule has 3 aliphatic carbocycles. The van der Waals surface area contributed by atoms with E-state index in [-0.39, 0.29) is 0 Å². The van der Waals surface area contributed by atoms with Crippen molar-refractivity contribution >= 4 is 22.4 Å². The molecule has 0 spiro atoms. The Morgan fingerprint density at radius 2 is 1.19 bits per heavy atom. The van der Waals surface area contributed by atoms with E-state index in [1.165, 1.54) is 66.4 Å². The maximum Gasteiger partial charge on any atom is 0.160 e. The zero-order valence-electron chi connectivity index (χ0n) is 29.1. The Morgan fingerprint density at radius 3 is 2.00 bits per heavy atom. The first-order valence-corrected chi connectivity index (χ1v) is 18.5. The van der Waals surface area contributed by atoms with Gasteiger partial charge in [0.1, 0.15) is 0 Å². The lowest BCUT2D eigenvalue weighted by Crippen LogP contribution is -2.29. The van der Waals surface area contributed by atoms with Crippen LogP contribution in [0, 0.1) is 0 Å². The molecule has 0 saturated heterocycles. The molecule has 0 aliphatic heterocycles. The van der Waals surface area contributed by atoms with Gasteiger partial charge in [-0.05, 0) is 97.5 Å². The topological polar surface area (TPSA) is 25.8 Å². The van der Waals surface area contributed by atoms with Crippen molar-refractivity contribution in [3.8, 4) is 45.0 Å². The number of hydrogen-bond donors (Lipinski definition) is 0. The van der Waals surface area contributed by atoms with Crippen molar-refractivity contribution in [1.82, 2.24) is 9.97 Å². The standard InChI is InChI=1S/C51H34N2/c1-4-14-33(15-5-1)46-32-47(53-50(52-46)36-16-6-2-7-17-36)37-28-29-41-40-23-10-11-25-43(40)51(44(41)30-37,39-21-8-3-9-22-39)45-31-38-20-12-18-34-26-27-35-19-13-24-42(45)49(35)48(34)38/h1-17,19-26,28-32H,18,27H2. The molecule has 0 radical (unpaired) electrons. The summed E-state index contributed by atoms with van der Waals surface area (Å²) in [6, 6.07) is 59.6. The SMILES string of the molecule is C1=Cc2cc(C3(c4ccccc4)c4ccccc4-c4ccc(-c5cc(-c6ccccc6)nc(-c6ccccc6)n5)cc43)c3cccc4c3c2C(=CC4)C1. The molecule has 1 atom stereocenters. The number of hydrogen-bond acceptors (Lipinski definition) is 2. The van der Waals surface area contributed by atoms with Crippen molar-refractivity contribution in [3.05, 3.63) is 215 Å². The van der Waals surface area contributed by atoms with Crippen molar-refractivity contribution in [2.75, 3.05) is 0 Å². The molecule has 0 N–H and O–H groups in total. The van der Waals surface area contributed by atoms with Crippen LogP contribution >= 0.6 is 0 Å². The van der Waals surface area contributed by atoms with Gasteiger partial charge in [0.15, 0.2) is 5.82 Å². The van der Waals surface area contributed by atoms with Gasteiger partial charge in [0, 0.05) is 16.7 Å². The average Bonchev–Trinajstić information content (AvgIpc) is 3.54. The largest absolute Gasteiger partial charge is 0.228 e. The zero-order valence-corrected chi connectivity index (χ0v) is 29.1. The third-order valence-electron chi connectivity index (χ3n) is 11.6. The first kappa shape index (κ1) is 30.0. The van der Waals surface area contributed by atoms with E-state index in [4.69, 9.17) is 9.97 Å². The van der Waals surface area contributed by atoms with Gasteiger partial charge in [0.05, 0.1) is 16.8 Å². The third-order valence-corrected chi connectivity index (χ3v) is 11.6. The van der Waals surface area contributed by atoms with Crippen molar-refractivity contribution in [2.24, 2.45) is 0 Å². The van der Waals surface area contributed by atoms with Gasteiger partial charge in [0.25, 0.3) is 0 Å². The quantitative estimate of drug-likeness (QED) is 0.182. The highest BCUT2D eigenvalue weighted by Gasteiger charge is 2.47. The highest BCUT2D eigenvalue weighted by molar-refractivity contribution is 6.06. The summed E-state index contributed by atoms with van der Waals surface area (Å²) in [5.41, 5.74) is 17.7. The van der Waals surface area contributed by atoms with Crippen LogP contribution in [0.1, 0.15) is 45.4 Å². The summed E-state index contributed by atoms with van der Waals surface area (Å²) < 4.78 is 0. The van der Waals surface area contributed by atoms with Crippen molar-refractivity contribution in [1.29, 1.82) is 0 Å². The minimum absolute atomic E-state index is 0.568. The Kier molecular flexibility index (Phi) is 6.63. The van der Waals surface area contributed by atoms with Gasteiger partial charge in [-0.25, -0.2) is 9.97 Å². The van der Waals surface area contributed by atoms with Crippen LogP contribution < -0.4 is 0 Å². The average molecular weight is 675 g/mol. The molecule has 2 heteroatoms. The van der Waals surface area contributed by atoms with E-state index in [9.17, 15) is 0 Å². The lowest BCUT2D eigenvalue weighted by molar-refractivity contribution is 0.776. The van der Waals surface area contributed by atoms with Gasteiger partial charge < -0.3 is 0 Å². The van der Waals surface area contributed by atoms with Gasteiger partial charge in [-0.2, -0.15) is 0 Å². The predicted octanol–water partition coefficient (Wildman–Crippen LogP) is 12.4. The number of allylic oxidation sites excluding steroid dienone is 3. The molecule has 3 aliphatic rings. The first-order valence-electron chi connectivity index (χ1n) is 18.5. The van der Waals surface area contributed by atoms with Crippen LogP contribution in [0.25, 0.3) is 67.5 Å². The number of aromatic nitrogens is 2. The van der Waals surface area contributed by atoms with E-state index in [0.29, 0.717) is 0 Å². The molecular weight excluding hydrogens is 641 g/mol. The second-order valence-corrected chi connectivity index (χ2v) is 14.4. The van der Waals surface area contributed by atoms with Gasteiger partial charge in [-0.15, -0.1) is 0 Å². The molecule has 11 rings (SSSR count). The Labute approximate surface area is 309 Å². The zero-order chi connectivity index (χ0) is 34.9. The van der Waals surface area contributed by atoms with Crippen molar-refractivity contribution in [2.45, 2.75) is 18.3 Å². The van der Waals surface area contributed by atoms with Crippen molar-refractivity contribution in [3.63, 3.8) is 0 Å². The lowest BCUT2D eigenvalue weighted by atomic mass is 9.64. The van der Waals surface area contributed by atoms with Crippen LogP contribution in [0.4, 0.5) is 0 Å². The molecule has 2 nitrogen and oxygen atoms in total. The van der Waals surface area contributed by atoms with Crippen LogP contribution in [-0.4, -0.2) is 9.97 Å². The summed E-state index contributed by atoms with van der Waals surface area (Å²) in [4.78, 5) is 10.4. The fraction of sp³-hybridized carbons (Fsp3) is 0.0588. The summed E-state index contributed by atoms with van der Waals surface area (Å²) in [5.74, 6) is 0.721. The van der Waals surface area contributed by atoms with Crippen molar-refractivity contribution < 1.29 is 0 Å². The highest BCUT2D eigenvalue weighted by Crippen LogP contribution is 2.59. The van der Waals surface area contributed by atoms with Gasteiger partial charge in [-0.1, -0.05) is 164 Å². The molecule has 7 aromatic carbocycles. The van der Waals surface area contributed by atoms with E-state index < -0.39 is 5.41 Å². The second kappa shape index (κ2) is 11.7. The smallest absolute Gasteiger partial charge is 0.160 e. The number of rotatable bonds is 5. The third kappa shape index (κ3) is 4.45. The fourth-order valence-electron chi connectivity index (χ4n) is 9.31. The Hall–Kier alpha value is -6.64. The van der Waals surface area contributed by atoms with Crippen LogP contribution in [0.2, 0.25) is 0 Å². The van der Waals surface area contributed by atoms with E-state index in [1.807, 2.05) is 12.1 Å². The molecule has 8 aromatic rings. The molecule has 0 bridgehead atoms. The Balaban J connectivity index is 1.23. The number of nitrogens with zero attached hydrogens (tertiary/aromatic N) is 2. The van der Waals surface area contributed by atoms with E-state index in [2.05, 4.69) is 170 Å². The molecule has 0 saturated carbocycles. The highest BCUT2D eigenvalue weighted by atomic mass is 14.9. The Bertz CT molecular complexity index is 2760. The van der Waals surface area contributed by atoms with Crippen LogP contribution in [0.5, 0.6) is 0 Å². The molecule has 1 aromatic heterocycles. The Morgan fingerprint density at radius 1 is 0.491 bits per heavy atom. The van der Waals surface area contributed by atoms with Gasteiger partial charge in [-0.3, -0.25) is 0 Å². The monoisotopic (exact) mass is 674 g/mol.